The van der Waals surface area contributed by atoms with Crippen LogP contribution in [0.3, 0.4) is 0 Å². The SMILES string of the molecule is CC(OCc1ccccc1)C(NC(=O)[C@H](CN(C)C)NC(=O)OCC1c2ccccc2-c2ccccc21)C(=O)O. The Morgan fingerprint density at radius 1 is 0.875 bits per heavy atom. The van der Waals surface area contributed by atoms with Crippen molar-refractivity contribution in [2.45, 2.75) is 37.6 Å². The zero-order valence-electron chi connectivity index (χ0n) is 22.9. The number of alkyl carbamates (subject to hydrolysis) is 1. The highest BCUT2D eigenvalue weighted by Crippen LogP contribution is 2.44. The maximum absolute atomic E-state index is 13.2. The summed E-state index contributed by atoms with van der Waals surface area (Å²) in [6, 6.07) is 23.0. The Kier molecular flexibility index (Phi) is 9.52. The molecule has 0 bridgehead atoms. The second-order valence-corrected chi connectivity index (χ2v) is 10.1. The number of nitrogens with one attached hydrogen (secondary N) is 2. The molecule has 3 N–H and O–H groups in total. The van der Waals surface area contributed by atoms with Crippen molar-refractivity contribution in [1.82, 2.24) is 15.5 Å². The van der Waals surface area contributed by atoms with E-state index in [1.165, 1.54) is 0 Å². The largest absolute Gasteiger partial charge is 0.480 e. The van der Waals surface area contributed by atoms with Crippen LogP contribution in [0.5, 0.6) is 0 Å². The smallest absolute Gasteiger partial charge is 0.407 e. The van der Waals surface area contributed by atoms with E-state index in [9.17, 15) is 19.5 Å². The standard InChI is InChI=1S/C31H35N3O6/c1-20(39-18-21-11-5-4-6-12-21)28(30(36)37)33-29(35)27(17-34(2)3)32-31(38)40-19-26-24-15-9-7-13-22(24)23-14-8-10-16-25(23)26/h4-16,20,26-28H,17-19H2,1-3H3,(H,32,38)(H,33,35)(H,36,37)/t20?,27-,28?/m0/s1. The fourth-order valence-corrected chi connectivity index (χ4v) is 4.87. The van der Waals surface area contributed by atoms with Gasteiger partial charge in [0.2, 0.25) is 5.91 Å². The summed E-state index contributed by atoms with van der Waals surface area (Å²) in [5.41, 5.74) is 5.26. The van der Waals surface area contributed by atoms with E-state index in [1.807, 2.05) is 66.7 Å². The molecule has 0 aromatic heterocycles. The normalized spacial score (nSPS) is 14.5. The number of ether oxygens (including phenoxy) is 2. The Bertz CT molecular complexity index is 1280. The van der Waals surface area contributed by atoms with Gasteiger partial charge in [0, 0.05) is 12.5 Å². The number of benzene rings is 3. The van der Waals surface area contributed by atoms with Gasteiger partial charge in [0.05, 0.1) is 12.7 Å². The summed E-state index contributed by atoms with van der Waals surface area (Å²) < 4.78 is 11.3. The van der Waals surface area contributed by atoms with Gasteiger partial charge in [-0.05, 0) is 48.8 Å². The average Bonchev–Trinajstić information content (AvgIpc) is 3.26. The molecule has 3 aromatic carbocycles. The number of carboxylic acids is 1. The number of nitrogens with zero attached hydrogens (tertiary/aromatic N) is 1. The molecule has 0 saturated heterocycles. The first-order valence-electron chi connectivity index (χ1n) is 13.2. The van der Waals surface area contributed by atoms with Crippen molar-refractivity contribution in [1.29, 1.82) is 0 Å². The van der Waals surface area contributed by atoms with Gasteiger partial charge in [-0.3, -0.25) is 4.79 Å². The van der Waals surface area contributed by atoms with E-state index in [-0.39, 0.29) is 25.7 Å². The van der Waals surface area contributed by atoms with Crippen molar-refractivity contribution in [2.75, 3.05) is 27.2 Å². The maximum Gasteiger partial charge on any atom is 0.407 e. The number of carbonyl (C=O) groups excluding carboxylic acids is 2. The molecule has 0 fully saturated rings. The van der Waals surface area contributed by atoms with Gasteiger partial charge in [-0.1, -0.05) is 78.9 Å². The fraction of sp³-hybridized carbons (Fsp3) is 0.323. The lowest BCUT2D eigenvalue weighted by molar-refractivity contribution is -0.146. The topological polar surface area (TPSA) is 117 Å². The summed E-state index contributed by atoms with van der Waals surface area (Å²) in [4.78, 5) is 39.7. The first-order valence-corrected chi connectivity index (χ1v) is 13.2. The Balaban J connectivity index is 1.38. The van der Waals surface area contributed by atoms with Gasteiger partial charge in [0.25, 0.3) is 0 Å². The molecule has 0 radical (unpaired) electrons. The van der Waals surface area contributed by atoms with Crippen molar-refractivity contribution in [3.8, 4) is 11.1 Å². The predicted molar refractivity (Wildman–Crippen MR) is 151 cm³/mol. The van der Waals surface area contributed by atoms with Crippen LogP contribution in [-0.4, -0.2) is 73.4 Å². The number of carbonyl (C=O) groups is 3. The lowest BCUT2D eigenvalue weighted by atomic mass is 9.98. The van der Waals surface area contributed by atoms with E-state index in [0.717, 1.165) is 27.8 Å². The zero-order chi connectivity index (χ0) is 28.6. The summed E-state index contributed by atoms with van der Waals surface area (Å²) in [5, 5.41) is 14.9. The molecule has 9 nitrogen and oxygen atoms in total. The number of fused-ring (bicyclic) bond motifs is 3. The monoisotopic (exact) mass is 545 g/mol. The molecule has 3 aromatic rings. The maximum atomic E-state index is 13.2. The van der Waals surface area contributed by atoms with Gasteiger partial charge >= 0.3 is 12.1 Å². The van der Waals surface area contributed by atoms with Gasteiger partial charge < -0.3 is 30.1 Å². The molecule has 9 heteroatoms. The van der Waals surface area contributed by atoms with E-state index in [0.29, 0.717) is 0 Å². The lowest BCUT2D eigenvalue weighted by Gasteiger charge is -2.26. The lowest BCUT2D eigenvalue weighted by Crippen LogP contribution is -2.57. The van der Waals surface area contributed by atoms with Crippen LogP contribution in [0.15, 0.2) is 78.9 Å². The first-order chi connectivity index (χ1) is 19.2. The van der Waals surface area contributed by atoms with Crippen molar-refractivity contribution >= 4 is 18.0 Å². The van der Waals surface area contributed by atoms with Gasteiger partial charge in [-0.15, -0.1) is 0 Å². The van der Waals surface area contributed by atoms with Crippen LogP contribution < -0.4 is 10.6 Å². The Morgan fingerprint density at radius 2 is 1.45 bits per heavy atom. The molecule has 0 spiro atoms. The van der Waals surface area contributed by atoms with E-state index in [2.05, 4.69) is 22.8 Å². The number of amides is 2. The minimum atomic E-state index is -1.31. The van der Waals surface area contributed by atoms with Gasteiger partial charge in [-0.25, -0.2) is 9.59 Å². The third-order valence-corrected chi connectivity index (χ3v) is 6.89. The third-order valence-electron chi connectivity index (χ3n) is 6.89. The number of hydrogen-bond donors (Lipinski definition) is 3. The van der Waals surface area contributed by atoms with Crippen LogP contribution in [0, 0.1) is 0 Å². The Morgan fingerprint density at radius 3 is 2.02 bits per heavy atom. The summed E-state index contributed by atoms with van der Waals surface area (Å²) in [6.07, 6.45) is -1.58. The number of likely N-dealkylation sites (N-methyl/N-ethyl adjacent to an activating group) is 1. The molecule has 4 rings (SSSR count). The molecule has 2 unspecified atom stereocenters. The molecule has 0 heterocycles. The van der Waals surface area contributed by atoms with Crippen molar-refractivity contribution in [3.63, 3.8) is 0 Å². The Labute approximate surface area is 234 Å². The van der Waals surface area contributed by atoms with Gasteiger partial charge in [0.1, 0.15) is 12.6 Å². The highest BCUT2D eigenvalue weighted by atomic mass is 16.5. The first kappa shape index (κ1) is 28.8. The quantitative estimate of drug-likeness (QED) is 0.318. The molecule has 0 aliphatic heterocycles. The third kappa shape index (κ3) is 7.05. The van der Waals surface area contributed by atoms with Crippen LogP contribution in [-0.2, 0) is 25.7 Å². The zero-order valence-corrected chi connectivity index (χ0v) is 22.9. The second kappa shape index (κ2) is 13.2. The van der Waals surface area contributed by atoms with Crippen LogP contribution in [0.4, 0.5) is 4.79 Å². The van der Waals surface area contributed by atoms with Crippen molar-refractivity contribution in [3.05, 3.63) is 95.6 Å². The van der Waals surface area contributed by atoms with Crippen LogP contribution in [0.1, 0.15) is 29.5 Å². The van der Waals surface area contributed by atoms with Crippen LogP contribution in [0.25, 0.3) is 11.1 Å². The molecule has 3 atom stereocenters. The summed E-state index contributed by atoms with van der Waals surface area (Å²) in [7, 11) is 3.50. The highest BCUT2D eigenvalue weighted by Gasteiger charge is 2.33. The van der Waals surface area contributed by atoms with Gasteiger partial charge in [0.15, 0.2) is 6.04 Å². The average molecular weight is 546 g/mol. The molecule has 210 valence electrons. The highest BCUT2D eigenvalue weighted by molar-refractivity contribution is 5.89. The summed E-state index contributed by atoms with van der Waals surface area (Å²) in [6.45, 7) is 2.02. The molecule has 40 heavy (non-hydrogen) atoms. The molecular weight excluding hydrogens is 510 g/mol. The number of carboxylic acid groups (broad SMARTS) is 1. The predicted octanol–water partition coefficient (Wildman–Crippen LogP) is 3.63. The van der Waals surface area contributed by atoms with E-state index in [1.54, 1.807) is 25.9 Å². The minimum absolute atomic E-state index is 0.0955. The summed E-state index contributed by atoms with van der Waals surface area (Å²) >= 11 is 0. The molecule has 2 amide bonds. The molecular formula is C31H35N3O6. The number of hydrogen-bond acceptors (Lipinski definition) is 6. The molecule has 0 saturated carbocycles. The van der Waals surface area contributed by atoms with Gasteiger partial charge in [-0.2, -0.15) is 0 Å². The fourth-order valence-electron chi connectivity index (χ4n) is 4.87. The summed E-state index contributed by atoms with van der Waals surface area (Å²) in [5.74, 6) is -2.01. The number of aliphatic carboxylic acids is 1. The molecule has 1 aliphatic carbocycles. The van der Waals surface area contributed by atoms with E-state index in [4.69, 9.17) is 9.47 Å². The van der Waals surface area contributed by atoms with Crippen LogP contribution in [0.2, 0.25) is 0 Å². The Hall–Kier alpha value is -4.21. The van der Waals surface area contributed by atoms with Crippen LogP contribution >= 0.6 is 0 Å². The van der Waals surface area contributed by atoms with E-state index >= 15 is 0 Å². The second-order valence-electron chi connectivity index (χ2n) is 10.1. The minimum Gasteiger partial charge on any atom is -0.480 e. The van der Waals surface area contributed by atoms with Crippen molar-refractivity contribution < 1.29 is 29.0 Å². The van der Waals surface area contributed by atoms with E-state index < -0.39 is 36.2 Å². The number of rotatable bonds is 12. The van der Waals surface area contributed by atoms with Crippen molar-refractivity contribution in [2.24, 2.45) is 0 Å². The molecule has 1 aliphatic rings.